The zero-order chi connectivity index (χ0) is 12.3. The molecule has 0 amide bonds. The Bertz CT molecular complexity index is 471. The summed E-state index contributed by atoms with van der Waals surface area (Å²) in [5.41, 5.74) is 1.17. The molecule has 0 saturated carbocycles. The Hall–Kier alpha value is -1.10. The third-order valence-corrected chi connectivity index (χ3v) is 3.18. The molecule has 0 aliphatic heterocycles. The van der Waals surface area contributed by atoms with E-state index in [9.17, 15) is 12.8 Å². The molecule has 0 radical (unpaired) electrons. The van der Waals surface area contributed by atoms with Crippen LogP contribution in [0.1, 0.15) is 12.5 Å². The minimum absolute atomic E-state index is 0.0136. The molecule has 0 heterocycles. The van der Waals surface area contributed by atoms with E-state index in [4.69, 9.17) is 0 Å². The Labute approximate surface area is 95.6 Å². The van der Waals surface area contributed by atoms with E-state index in [2.05, 4.69) is 5.32 Å². The predicted octanol–water partition coefficient (Wildman–Crippen LogP) is 1.98. The first-order chi connectivity index (χ1) is 7.28. The minimum atomic E-state index is -3.05. The quantitative estimate of drug-likeness (QED) is 0.882. The largest absolute Gasteiger partial charge is 0.379 e. The Morgan fingerprint density at radius 1 is 1.44 bits per heavy atom. The molecule has 1 aromatic rings. The lowest BCUT2D eigenvalue weighted by Gasteiger charge is -2.14. The number of halogens is 1. The molecule has 0 aliphatic carbocycles. The number of anilines is 1. The van der Waals surface area contributed by atoms with Crippen molar-refractivity contribution in [2.24, 2.45) is 0 Å². The lowest BCUT2D eigenvalue weighted by atomic mass is 10.2. The Morgan fingerprint density at radius 3 is 2.56 bits per heavy atom. The van der Waals surface area contributed by atoms with Crippen LogP contribution < -0.4 is 5.32 Å². The highest BCUT2D eigenvalue weighted by atomic mass is 32.2. The van der Waals surface area contributed by atoms with Gasteiger partial charge < -0.3 is 5.32 Å². The summed E-state index contributed by atoms with van der Waals surface area (Å²) in [4.78, 5) is 0. The third-order valence-electron chi connectivity index (χ3n) is 2.08. The molecule has 1 atom stereocenters. The van der Waals surface area contributed by atoms with Crippen LogP contribution in [0, 0.1) is 12.7 Å². The van der Waals surface area contributed by atoms with Gasteiger partial charge in [0.25, 0.3) is 0 Å². The van der Waals surface area contributed by atoms with Crippen molar-refractivity contribution in [3.63, 3.8) is 0 Å². The first-order valence-corrected chi connectivity index (χ1v) is 7.04. The van der Waals surface area contributed by atoms with Crippen LogP contribution >= 0.6 is 0 Å². The maximum absolute atomic E-state index is 13.4. The zero-order valence-corrected chi connectivity index (χ0v) is 10.4. The molecule has 0 saturated heterocycles. The number of aryl methyl sites for hydroxylation is 1. The van der Waals surface area contributed by atoms with E-state index in [1.54, 1.807) is 26.0 Å². The monoisotopic (exact) mass is 245 g/mol. The summed E-state index contributed by atoms with van der Waals surface area (Å²) in [6.45, 7) is 3.51. The van der Waals surface area contributed by atoms with E-state index in [-0.39, 0.29) is 17.6 Å². The van der Waals surface area contributed by atoms with Crippen LogP contribution in [-0.2, 0) is 9.84 Å². The smallest absolute Gasteiger partial charge is 0.149 e. The van der Waals surface area contributed by atoms with E-state index < -0.39 is 9.84 Å². The Balaban J connectivity index is 2.73. The average molecular weight is 245 g/mol. The maximum Gasteiger partial charge on any atom is 0.149 e. The molecule has 0 fully saturated rings. The fraction of sp³-hybridized carbons (Fsp3) is 0.455. The summed E-state index contributed by atoms with van der Waals surface area (Å²) in [6, 6.07) is 4.49. The van der Waals surface area contributed by atoms with Gasteiger partial charge in [-0.15, -0.1) is 0 Å². The summed E-state index contributed by atoms with van der Waals surface area (Å²) in [5, 5.41) is 2.84. The van der Waals surface area contributed by atoms with Gasteiger partial charge in [0.1, 0.15) is 15.7 Å². The first kappa shape index (κ1) is 13.0. The average Bonchev–Trinajstić information content (AvgIpc) is 2.06. The summed E-state index contributed by atoms with van der Waals surface area (Å²) in [5.74, 6) is -0.374. The number of hydrogen-bond donors (Lipinski definition) is 1. The molecule has 1 N–H and O–H groups in total. The number of sulfone groups is 1. The van der Waals surface area contributed by atoms with Crippen molar-refractivity contribution in [3.05, 3.63) is 29.6 Å². The molecule has 0 aliphatic rings. The second kappa shape index (κ2) is 4.82. The van der Waals surface area contributed by atoms with Crippen LogP contribution in [0.25, 0.3) is 0 Å². The van der Waals surface area contributed by atoms with Gasteiger partial charge in [-0.1, -0.05) is 6.07 Å². The van der Waals surface area contributed by atoms with Crippen molar-refractivity contribution in [1.29, 1.82) is 0 Å². The normalized spacial score (nSPS) is 13.5. The van der Waals surface area contributed by atoms with Crippen molar-refractivity contribution in [2.45, 2.75) is 19.9 Å². The molecular weight excluding hydrogens is 229 g/mol. The van der Waals surface area contributed by atoms with Gasteiger partial charge in [0, 0.05) is 12.3 Å². The van der Waals surface area contributed by atoms with E-state index in [0.29, 0.717) is 5.69 Å². The van der Waals surface area contributed by atoms with Gasteiger partial charge in [-0.3, -0.25) is 0 Å². The van der Waals surface area contributed by atoms with Crippen molar-refractivity contribution >= 4 is 15.5 Å². The van der Waals surface area contributed by atoms with Gasteiger partial charge in [0.15, 0.2) is 0 Å². The number of rotatable bonds is 4. The van der Waals surface area contributed by atoms with Crippen LogP contribution in [0.2, 0.25) is 0 Å². The number of nitrogens with one attached hydrogen (secondary N) is 1. The van der Waals surface area contributed by atoms with Gasteiger partial charge in [-0.05, 0) is 31.5 Å². The van der Waals surface area contributed by atoms with E-state index in [1.165, 1.54) is 6.07 Å². The first-order valence-electron chi connectivity index (χ1n) is 4.98. The molecular formula is C11H16FNO2S. The van der Waals surface area contributed by atoms with Gasteiger partial charge in [-0.25, -0.2) is 12.8 Å². The second-order valence-corrected chi connectivity index (χ2v) is 6.31. The molecule has 0 spiro atoms. The highest BCUT2D eigenvalue weighted by Gasteiger charge is 2.11. The summed E-state index contributed by atoms with van der Waals surface area (Å²) >= 11 is 0. The lowest BCUT2D eigenvalue weighted by molar-refractivity contribution is 0.596. The highest BCUT2D eigenvalue weighted by Crippen LogP contribution is 2.16. The topological polar surface area (TPSA) is 46.2 Å². The summed E-state index contributed by atoms with van der Waals surface area (Å²) < 4.78 is 35.5. The van der Waals surface area contributed by atoms with Crippen LogP contribution in [0.4, 0.5) is 10.1 Å². The van der Waals surface area contributed by atoms with E-state index >= 15 is 0 Å². The standard InChI is InChI=1S/C11H16FNO2S/c1-8-4-5-11(10(12)6-8)13-9(2)7-16(3,14)15/h4-6,9,13H,7H2,1-3H3. The summed E-state index contributed by atoms with van der Waals surface area (Å²) in [6.07, 6.45) is 1.16. The number of benzene rings is 1. The van der Waals surface area contributed by atoms with Crippen LogP contribution in [0.3, 0.4) is 0 Å². The predicted molar refractivity (Wildman–Crippen MR) is 63.9 cm³/mol. The molecule has 5 heteroatoms. The van der Waals surface area contributed by atoms with Crippen LogP contribution in [-0.4, -0.2) is 26.5 Å². The Morgan fingerprint density at radius 2 is 2.06 bits per heavy atom. The van der Waals surface area contributed by atoms with E-state index in [1.807, 2.05) is 0 Å². The maximum atomic E-state index is 13.4. The van der Waals surface area contributed by atoms with Crippen LogP contribution in [0.5, 0.6) is 0 Å². The van der Waals surface area contributed by atoms with E-state index in [0.717, 1.165) is 11.8 Å². The highest BCUT2D eigenvalue weighted by molar-refractivity contribution is 7.90. The zero-order valence-electron chi connectivity index (χ0n) is 9.62. The second-order valence-electron chi connectivity index (χ2n) is 4.12. The SMILES string of the molecule is Cc1ccc(NC(C)CS(C)(=O)=O)c(F)c1. The third kappa shape index (κ3) is 4.18. The Kier molecular flexibility index (Phi) is 3.91. The molecule has 0 aromatic heterocycles. The fourth-order valence-electron chi connectivity index (χ4n) is 1.50. The minimum Gasteiger partial charge on any atom is -0.379 e. The van der Waals surface area contributed by atoms with Crippen molar-refractivity contribution in [1.82, 2.24) is 0 Å². The number of hydrogen-bond acceptors (Lipinski definition) is 3. The molecule has 3 nitrogen and oxygen atoms in total. The van der Waals surface area contributed by atoms with Gasteiger partial charge in [0.05, 0.1) is 11.4 Å². The van der Waals surface area contributed by atoms with Gasteiger partial charge in [-0.2, -0.15) is 0 Å². The summed E-state index contributed by atoms with van der Waals surface area (Å²) in [7, 11) is -3.05. The van der Waals surface area contributed by atoms with Gasteiger partial charge in [0.2, 0.25) is 0 Å². The molecule has 90 valence electrons. The van der Waals surface area contributed by atoms with Crippen LogP contribution in [0.15, 0.2) is 18.2 Å². The lowest BCUT2D eigenvalue weighted by Crippen LogP contribution is -2.25. The fourth-order valence-corrected chi connectivity index (χ4v) is 2.49. The molecule has 1 aromatic carbocycles. The van der Waals surface area contributed by atoms with Crippen molar-refractivity contribution in [3.8, 4) is 0 Å². The van der Waals surface area contributed by atoms with Crippen molar-refractivity contribution in [2.75, 3.05) is 17.3 Å². The van der Waals surface area contributed by atoms with Gasteiger partial charge >= 0.3 is 0 Å². The molecule has 1 unspecified atom stereocenters. The molecule has 0 bridgehead atoms. The molecule has 1 rings (SSSR count). The van der Waals surface area contributed by atoms with Crippen molar-refractivity contribution < 1.29 is 12.8 Å². The molecule has 16 heavy (non-hydrogen) atoms.